The Balaban J connectivity index is 1.36. The number of oxazole rings is 1. The Labute approximate surface area is 164 Å². The van der Waals surface area contributed by atoms with Crippen LogP contribution in [-0.4, -0.2) is 30.0 Å². The lowest BCUT2D eigenvalue weighted by molar-refractivity contribution is -0.116. The average molecular weight is 378 g/mol. The summed E-state index contributed by atoms with van der Waals surface area (Å²) in [4.78, 5) is 19.3. The van der Waals surface area contributed by atoms with Gasteiger partial charge in [-0.3, -0.25) is 4.79 Å². The van der Waals surface area contributed by atoms with E-state index in [1.165, 1.54) is 24.9 Å². The van der Waals surface area contributed by atoms with Crippen LogP contribution in [0.4, 0.5) is 17.1 Å². The van der Waals surface area contributed by atoms with Crippen LogP contribution in [0.3, 0.4) is 0 Å². The van der Waals surface area contributed by atoms with Crippen LogP contribution >= 0.6 is 0 Å². The molecule has 28 heavy (non-hydrogen) atoms. The molecule has 6 nitrogen and oxygen atoms in total. The van der Waals surface area contributed by atoms with Gasteiger partial charge in [0.1, 0.15) is 11.6 Å². The van der Waals surface area contributed by atoms with Crippen molar-refractivity contribution < 1.29 is 9.21 Å². The van der Waals surface area contributed by atoms with Crippen LogP contribution in [0.15, 0.2) is 46.9 Å². The highest BCUT2D eigenvalue weighted by Crippen LogP contribution is 2.23. The molecule has 0 unspecified atom stereocenters. The number of anilines is 3. The van der Waals surface area contributed by atoms with Crippen molar-refractivity contribution in [2.24, 2.45) is 0 Å². The van der Waals surface area contributed by atoms with E-state index >= 15 is 0 Å². The quantitative estimate of drug-likeness (QED) is 0.681. The van der Waals surface area contributed by atoms with E-state index < -0.39 is 0 Å². The zero-order chi connectivity index (χ0) is 19.5. The zero-order valence-corrected chi connectivity index (χ0v) is 16.4. The first kappa shape index (κ1) is 18.3. The highest BCUT2D eigenvalue weighted by atomic mass is 16.3. The van der Waals surface area contributed by atoms with Gasteiger partial charge in [-0.1, -0.05) is 0 Å². The Morgan fingerprint density at radius 1 is 1.07 bits per heavy atom. The number of nitrogens with one attached hydrogen (secondary N) is 2. The third kappa shape index (κ3) is 4.11. The van der Waals surface area contributed by atoms with Crippen molar-refractivity contribution in [2.75, 3.05) is 28.6 Å². The molecule has 1 aliphatic rings. The topological polar surface area (TPSA) is 70.4 Å². The molecule has 2 N–H and O–H groups in total. The second-order valence-electron chi connectivity index (χ2n) is 7.37. The summed E-state index contributed by atoms with van der Waals surface area (Å²) in [7, 11) is 0. The molecule has 0 bridgehead atoms. The van der Waals surface area contributed by atoms with Crippen LogP contribution < -0.4 is 15.5 Å². The van der Waals surface area contributed by atoms with Crippen LogP contribution in [0.2, 0.25) is 0 Å². The molecule has 1 amide bonds. The van der Waals surface area contributed by atoms with Crippen LogP contribution in [0.1, 0.15) is 32.1 Å². The zero-order valence-electron chi connectivity index (χ0n) is 16.4. The summed E-state index contributed by atoms with van der Waals surface area (Å²) in [6, 6.07) is 13.4. The molecule has 6 heteroatoms. The Morgan fingerprint density at radius 2 is 1.79 bits per heavy atom. The standard InChI is InChI=1S/C22H26N4O2/c1-15(23-18-8-11-21-20(14-18)24-16(2)28-21)22(27)25-17-6-9-19(10-7-17)26-12-4-3-5-13-26/h6-11,14-15,23H,3-5,12-13H2,1-2H3,(H,25,27)/t15-/m1/s1. The minimum atomic E-state index is -0.382. The normalized spacial score (nSPS) is 15.4. The van der Waals surface area contributed by atoms with Crippen molar-refractivity contribution in [3.05, 3.63) is 48.4 Å². The molecule has 0 saturated carbocycles. The molecule has 2 heterocycles. The minimum Gasteiger partial charge on any atom is -0.441 e. The maximum Gasteiger partial charge on any atom is 0.246 e. The number of amides is 1. The van der Waals surface area contributed by atoms with Gasteiger partial charge in [0.05, 0.1) is 0 Å². The molecule has 1 atom stereocenters. The van der Waals surface area contributed by atoms with Gasteiger partial charge >= 0.3 is 0 Å². The maximum absolute atomic E-state index is 12.6. The first-order valence-corrected chi connectivity index (χ1v) is 9.88. The van der Waals surface area contributed by atoms with E-state index in [2.05, 4.69) is 32.7 Å². The lowest BCUT2D eigenvalue weighted by Gasteiger charge is -2.28. The molecule has 4 rings (SSSR count). The summed E-state index contributed by atoms with van der Waals surface area (Å²) in [6.07, 6.45) is 3.82. The van der Waals surface area contributed by atoms with Crippen LogP contribution in [-0.2, 0) is 4.79 Å². The number of rotatable bonds is 5. The molecular formula is C22H26N4O2. The molecule has 1 saturated heterocycles. The van der Waals surface area contributed by atoms with Gasteiger partial charge in [-0.15, -0.1) is 0 Å². The minimum absolute atomic E-state index is 0.0813. The highest BCUT2D eigenvalue weighted by Gasteiger charge is 2.15. The van der Waals surface area contributed by atoms with Crippen molar-refractivity contribution >= 4 is 34.1 Å². The summed E-state index contributed by atoms with van der Waals surface area (Å²) < 4.78 is 5.49. The molecule has 0 radical (unpaired) electrons. The Bertz CT molecular complexity index is 958. The number of benzene rings is 2. The molecule has 1 fully saturated rings. The Kier molecular flexibility index (Phi) is 5.19. The molecule has 2 aromatic carbocycles. The third-order valence-electron chi connectivity index (χ3n) is 5.13. The predicted octanol–water partition coefficient (Wildman–Crippen LogP) is 4.57. The van der Waals surface area contributed by atoms with Crippen molar-refractivity contribution in [1.29, 1.82) is 0 Å². The van der Waals surface area contributed by atoms with Crippen molar-refractivity contribution in [2.45, 2.75) is 39.2 Å². The lowest BCUT2D eigenvalue weighted by Crippen LogP contribution is -2.32. The fraction of sp³-hybridized carbons (Fsp3) is 0.364. The number of hydrogen-bond acceptors (Lipinski definition) is 5. The Hall–Kier alpha value is -3.02. The highest BCUT2D eigenvalue weighted by molar-refractivity contribution is 5.96. The number of aryl methyl sites for hydroxylation is 1. The summed E-state index contributed by atoms with van der Waals surface area (Å²) in [6.45, 7) is 5.89. The van der Waals surface area contributed by atoms with E-state index in [4.69, 9.17) is 4.42 Å². The number of fused-ring (bicyclic) bond motifs is 1. The fourth-order valence-electron chi connectivity index (χ4n) is 3.61. The van der Waals surface area contributed by atoms with Gasteiger partial charge in [0.2, 0.25) is 5.91 Å². The number of hydrogen-bond donors (Lipinski definition) is 2. The van der Waals surface area contributed by atoms with E-state index in [-0.39, 0.29) is 11.9 Å². The maximum atomic E-state index is 12.6. The van der Waals surface area contributed by atoms with Crippen LogP contribution in [0.5, 0.6) is 0 Å². The molecule has 0 spiro atoms. The van der Waals surface area contributed by atoms with Gasteiger partial charge in [0.15, 0.2) is 11.5 Å². The first-order chi connectivity index (χ1) is 13.6. The van der Waals surface area contributed by atoms with Crippen molar-refractivity contribution in [1.82, 2.24) is 4.98 Å². The van der Waals surface area contributed by atoms with Gasteiger partial charge in [-0.2, -0.15) is 0 Å². The van der Waals surface area contributed by atoms with E-state index in [0.717, 1.165) is 35.6 Å². The summed E-state index contributed by atoms with van der Waals surface area (Å²) >= 11 is 0. The smallest absolute Gasteiger partial charge is 0.246 e. The molecule has 146 valence electrons. The van der Waals surface area contributed by atoms with Gasteiger partial charge < -0.3 is 20.0 Å². The number of nitrogens with zero attached hydrogens (tertiary/aromatic N) is 2. The Morgan fingerprint density at radius 3 is 2.54 bits per heavy atom. The third-order valence-corrected chi connectivity index (χ3v) is 5.13. The molecule has 3 aromatic rings. The fourth-order valence-corrected chi connectivity index (χ4v) is 3.61. The van der Waals surface area contributed by atoms with Crippen molar-refractivity contribution in [3.8, 4) is 0 Å². The second-order valence-corrected chi connectivity index (χ2v) is 7.37. The average Bonchev–Trinajstić information content (AvgIpc) is 3.08. The van der Waals surface area contributed by atoms with Gasteiger partial charge in [-0.05, 0) is 68.7 Å². The molecule has 1 aromatic heterocycles. The second kappa shape index (κ2) is 7.92. The summed E-state index contributed by atoms with van der Waals surface area (Å²) in [5.41, 5.74) is 4.39. The molecular weight excluding hydrogens is 352 g/mol. The molecule has 1 aliphatic heterocycles. The first-order valence-electron chi connectivity index (χ1n) is 9.88. The van der Waals surface area contributed by atoms with E-state index in [1.54, 1.807) is 0 Å². The summed E-state index contributed by atoms with van der Waals surface area (Å²) in [5, 5.41) is 6.20. The number of carbonyl (C=O) groups excluding carboxylic acids is 1. The monoisotopic (exact) mass is 378 g/mol. The lowest BCUT2D eigenvalue weighted by atomic mass is 10.1. The van der Waals surface area contributed by atoms with E-state index in [0.29, 0.717) is 5.89 Å². The SMILES string of the molecule is Cc1nc2cc(N[C@H](C)C(=O)Nc3ccc(N4CCCCC4)cc3)ccc2o1. The largest absolute Gasteiger partial charge is 0.441 e. The number of carbonyl (C=O) groups is 1. The van der Waals surface area contributed by atoms with Crippen LogP contribution in [0.25, 0.3) is 11.1 Å². The van der Waals surface area contributed by atoms with Crippen molar-refractivity contribution in [3.63, 3.8) is 0 Å². The van der Waals surface area contributed by atoms with E-state index in [9.17, 15) is 4.79 Å². The number of piperidine rings is 1. The molecule has 0 aliphatic carbocycles. The van der Waals surface area contributed by atoms with E-state index in [1.807, 2.05) is 44.2 Å². The van der Waals surface area contributed by atoms with Gasteiger partial charge in [0, 0.05) is 37.1 Å². The summed E-state index contributed by atoms with van der Waals surface area (Å²) in [5.74, 6) is 0.549. The number of aromatic nitrogens is 1. The van der Waals surface area contributed by atoms with Gasteiger partial charge in [0.25, 0.3) is 0 Å². The van der Waals surface area contributed by atoms with Gasteiger partial charge in [-0.25, -0.2) is 4.98 Å². The predicted molar refractivity (Wildman–Crippen MR) is 113 cm³/mol. The van der Waals surface area contributed by atoms with Crippen LogP contribution in [0, 0.1) is 6.92 Å².